The van der Waals surface area contributed by atoms with E-state index in [0.717, 1.165) is 35.1 Å². The minimum absolute atomic E-state index is 0.0543. The number of unbranched alkanes of at least 4 members (excludes halogenated alkanes) is 1. The van der Waals surface area contributed by atoms with Crippen molar-refractivity contribution in [2.24, 2.45) is 5.92 Å². The van der Waals surface area contributed by atoms with E-state index in [1.54, 1.807) is 4.90 Å². The number of aliphatic carboxylic acids is 1. The first kappa shape index (κ1) is 23.8. The fourth-order valence-electron chi connectivity index (χ4n) is 5.05. The number of hydrogen-bond donors (Lipinski definition) is 2. The number of rotatable bonds is 8. The second-order valence-corrected chi connectivity index (χ2v) is 9.13. The van der Waals surface area contributed by atoms with Gasteiger partial charge < -0.3 is 20.1 Å². The molecule has 7 nitrogen and oxygen atoms in total. The summed E-state index contributed by atoms with van der Waals surface area (Å²) in [5.41, 5.74) is 4.56. The lowest BCUT2D eigenvalue weighted by molar-refractivity contribution is -0.146. The van der Waals surface area contributed by atoms with E-state index in [-0.39, 0.29) is 25.0 Å². The Balaban J connectivity index is 1.41. The minimum Gasteiger partial charge on any atom is -0.481 e. The Bertz CT molecular complexity index is 1010. The fourth-order valence-corrected chi connectivity index (χ4v) is 5.05. The summed E-state index contributed by atoms with van der Waals surface area (Å²) < 4.78 is 5.63. The van der Waals surface area contributed by atoms with Crippen LogP contribution in [0.1, 0.15) is 56.1 Å². The van der Waals surface area contributed by atoms with Gasteiger partial charge in [-0.25, -0.2) is 4.79 Å². The summed E-state index contributed by atoms with van der Waals surface area (Å²) in [6.07, 6.45) is 2.74. The van der Waals surface area contributed by atoms with Crippen molar-refractivity contribution in [2.45, 2.75) is 51.0 Å². The van der Waals surface area contributed by atoms with Crippen LogP contribution in [0, 0.1) is 5.92 Å². The molecule has 0 bridgehead atoms. The number of carboxylic acid groups (broad SMARTS) is 1. The highest BCUT2D eigenvalue weighted by atomic mass is 16.5. The van der Waals surface area contributed by atoms with E-state index in [2.05, 4.69) is 29.6 Å². The van der Waals surface area contributed by atoms with E-state index < -0.39 is 24.0 Å². The maximum atomic E-state index is 13.2. The quantitative estimate of drug-likeness (QED) is 0.603. The van der Waals surface area contributed by atoms with Crippen molar-refractivity contribution in [3.05, 3.63) is 59.7 Å². The number of alkyl carbamates (subject to hydrolysis) is 1. The van der Waals surface area contributed by atoms with Gasteiger partial charge >= 0.3 is 12.1 Å². The Morgan fingerprint density at radius 2 is 1.74 bits per heavy atom. The van der Waals surface area contributed by atoms with Crippen LogP contribution in [0.5, 0.6) is 0 Å². The molecule has 4 rings (SSSR count). The molecule has 2 aromatic rings. The molecule has 7 heteroatoms. The lowest BCUT2D eigenvalue weighted by Gasteiger charge is -2.33. The van der Waals surface area contributed by atoms with Crippen molar-refractivity contribution in [1.82, 2.24) is 10.2 Å². The number of ether oxygens (including phenoxy) is 1. The zero-order chi connectivity index (χ0) is 24.1. The van der Waals surface area contributed by atoms with E-state index in [4.69, 9.17) is 4.74 Å². The van der Waals surface area contributed by atoms with Gasteiger partial charge in [0.25, 0.3) is 0 Å². The standard InChI is InChI=1S/C27H32N2O5/c1-2-3-14-24(25(30)29-15-8-9-18(16-29)26(31)32)28-27(33)34-17-23-21-12-6-4-10-19(21)20-11-5-7-13-22(20)23/h4-7,10-13,18,23-24H,2-3,8-9,14-17H2,1H3,(H,28,33)(H,31,32). The molecule has 180 valence electrons. The summed E-state index contributed by atoms with van der Waals surface area (Å²) >= 11 is 0. The molecule has 1 aliphatic carbocycles. The molecule has 1 heterocycles. The number of piperidine rings is 1. The topological polar surface area (TPSA) is 95.9 Å². The zero-order valence-corrected chi connectivity index (χ0v) is 19.5. The number of carbonyl (C=O) groups is 3. The van der Waals surface area contributed by atoms with Gasteiger partial charge in [-0.3, -0.25) is 9.59 Å². The highest BCUT2D eigenvalue weighted by Crippen LogP contribution is 2.44. The molecule has 0 spiro atoms. The molecule has 2 N–H and O–H groups in total. The van der Waals surface area contributed by atoms with Gasteiger partial charge in [-0.05, 0) is 41.5 Å². The van der Waals surface area contributed by atoms with Crippen LogP contribution in [0.2, 0.25) is 0 Å². The second-order valence-electron chi connectivity index (χ2n) is 9.13. The molecular weight excluding hydrogens is 432 g/mol. The Morgan fingerprint density at radius 1 is 1.09 bits per heavy atom. The normalized spacial score (nSPS) is 18.0. The monoisotopic (exact) mass is 464 g/mol. The number of fused-ring (bicyclic) bond motifs is 3. The van der Waals surface area contributed by atoms with Crippen LogP contribution in [0.3, 0.4) is 0 Å². The molecule has 2 aliphatic rings. The molecule has 2 atom stereocenters. The molecule has 2 amide bonds. The van der Waals surface area contributed by atoms with Crippen molar-refractivity contribution in [3.8, 4) is 11.1 Å². The van der Waals surface area contributed by atoms with Crippen molar-refractivity contribution in [3.63, 3.8) is 0 Å². The van der Waals surface area contributed by atoms with Crippen LogP contribution in [0.15, 0.2) is 48.5 Å². The van der Waals surface area contributed by atoms with Gasteiger partial charge in [0.1, 0.15) is 12.6 Å². The minimum atomic E-state index is -0.882. The van der Waals surface area contributed by atoms with E-state index in [1.807, 2.05) is 31.2 Å². The molecule has 0 saturated carbocycles. The Hall–Kier alpha value is -3.35. The van der Waals surface area contributed by atoms with Gasteiger partial charge in [0.15, 0.2) is 0 Å². The number of carbonyl (C=O) groups excluding carboxylic acids is 2. The molecule has 0 radical (unpaired) electrons. The van der Waals surface area contributed by atoms with Crippen LogP contribution in [0.25, 0.3) is 11.1 Å². The number of carboxylic acids is 1. The van der Waals surface area contributed by atoms with Crippen LogP contribution in [0.4, 0.5) is 4.79 Å². The average molecular weight is 465 g/mol. The molecule has 1 fully saturated rings. The van der Waals surface area contributed by atoms with Crippen molar-refractivity contribution < 1.29 is 24.2 Å². The molecule has 34 heavy (non-hydrogen) atoms. The maximum absolute atomic E-state index is 13.2. The number of nitrogens with zero attached hydrogens (tertiary/aromatic N) is 1. The summed E-state index contributed by atoms with van der Waals surface area (Å²) in [5, 5.41) is 12.1. The summed E-state index contributed by atoms with van der Waals surface area (Å²) in [5.74, 6) is -1.72. The van der Waals surface area contributed by atoms with Gasteiger partial charge in [-0.1, -0.05) is 68.3 Å². The Morgan fingerprint density at radius 3 is 2.35 bits per heavy atom. The third-order valence-corrected chi connectivity index (χ3v) is 6.86. The zero-order valence-electron chi connectivity index (χ0n) is 19.5. The Kier molecular flexibility index (Phi) is 7.50. The van der Waals surface area contributed by atoms with E-state index in [1.165, 1.54) is 0 Å². The van der Waals surface area contributed by atoms with Crippen molar-refractivity contribution in [2.75, 3.05) is 19.7 Å². The molecule has 2 unspecified atom stereocenters. The highest BCUT2D eigenvalue weighted by molar-refractivity contribution is 5.86. The van der Waals surface area contributed by atoms with Gasteiger partial charge in [-0.2, -0.15) is 0 Å². The highest BCUT2D eigenvalue weighted by Gasteiger charge is 2.33. The van der Waals surface area contributed by atoms with Gasteiger partial charge in [0, 0.05) is 19.0 Å². The predicted molar refractivity (Wildman–Crippen MR) is 128 cm³/mol. The SMILES string of the molecule is CCCCC(NC(=O)OCC1c2ccccc2-c2ccccc21)C(=O)N1CCCC(C(=O)O)C1. The third kappa shape index (κ3) is 5.08. The average Bonchev–Trinajstić information content (AvgIpc) is 3.18. The summed E-state index contributed by atoms with van der Waals surface area (Å²) in [4.78, 5) is 38.9. The number of amides is 2. The van der Waals surface area contributed by atoms with E-state index in [9.17, 15) is 19.5 Å². The molecule has 1 aliphatic heterocycles. The second kappa shape index (κ2) is 10.7. The van der Waals surface area contributed by atoms with Crippen LogP contribution in [-0.4, -0.2) is 53.7 Å². The van der Waals surface area contributed by atoms with Gasteiger partial charge in [0.05, 0.1) is 5.92 Å². The van der Waals surface area contributed by atoms with Crippen LogP contribution >= 0.6 is 0 Å². The fraction of sp³-hybridized carbons (Fsp3) is 0.444. The van der Waals surface area contributed by atoms with Gasteiger partial charge in [-0.15, -0.1) is 0 Å². The first-order chi connectivity index (χ1) is 16.5. The number of benzene rings is 2. The largest absolute Gasteiger partial charge is 0.481 e. The Labute approximate surface area is 200 Å². The van der Waals surface area contributed by atoms with E-state index in [0.29, 0.717) is 25.8 Å². The summed E-state index contributed by atoms with van der Waals surface area (Å²) in [6, 6.07) is 15.5. The van der Waals surface area contributed by atoms with Crippen LogP contribution < -0.4 is 5.32 Å². The van der Waals surface area contributed by atoms with E-state index >= 15 is 0 Å². The lowest BCUT2D eigenvalue weighted by atomic mass is 9.97. The van der Waals surface area contributed by atoms with Crippen molar-refractivity contribution in [1.29, 1.82) is 0 Å². The number of nitrogens with one attached hydrogen (secondary N) is 1. The first-order valence-corrected chi connectivity index (χ1v) is 12.1. The molecule has 1 saturated heterocycles. The van der Waals surface area contributed by atoms with Gasteiger partial charge in [0.2, 0.25) is 5.91 Å². The number of likely N-dealkylation sites (tertiary alicyclic amines) is 1. The molecular formula is C27H32N2O5. The van der Waals surface area contributed by atoms with Crippen molar-refractivity contribution >= 4 is 18.0 Å². The maximum Gasteiger partial charge on any atom is 0.407 e. The number of hydrogen-bond acceptors (Lipinski definition) is 4. The lowest BCUT2D eigenvalue weighted by Crippen LogP contribution is -2.52. The summed E-state index contributed by atoms with van der Waals surface area (Å²) in [7, 11) is 0. The molecule has 2 aromatic carbocycles. The third-order valence-electron chi connectivity index (χ3n) is 6.86. The molecule has 0 aromatic heterocycles. The predicted octanol–water partition coefficient (Wildman–Crippen LogP) is 4.41. The smallest absolute Gasteiger partial charge is 0.407 e. The van der Waals surface area contributed by atoms with Crippen LogP contribution in [-0.2, 0) is 14.3 Å². The summed E-state index contributed by atoms with van der Waals surface area (Å²) in [6.45, 7) is 2.90. The first-order valence-electron chi connectivity index (χ1n) is 12.1.